The summed E-state index contributed by atoms with van der Waals surface area (Å²) in [5.74, 6) is 2.46. The van der Waals surface area contributed by atoms with Crippen LogP contribution in [0.1, 0.15) is 5.69 Å². The Labute approximate surface area is 179 Å². The topological polar surface area (TPSA) is 118 Å². The van der Waals surface area contributed by atoms with Gasteiger partial charge in [0.25, 0.3) is 0 Å². The number of guanidine groups is 1. The normalized spacial score (nSPS) is 10.8. The van der Waals surface area contributed by atoms with Crippen LogP contribution in [0.3, 0.4) is 0 Å². The van der Waals surface area contributed by atoms with Crippen LogP contribution >= 0.6 is 0 Å². The second-order valence-corrected chi connectivity index (χ2v) is 6.85. The molecule has 0 fully saturated rings. The fourth-order valence-corrected chi connectivity index (χ4v) is 3.23. The minimum Gasteiger partial charge on any atom is -0.493 e. The third-order valence-electron chi connectivity index (χ3n) is 4.72. The van der Waals surface area contributed by atoms with Crippen LogP contribution in [-0.2, 0) is 0 Å². The lowest BCUT2D eigenvalue weighted by atomic mass is 10.1. The molecule has 0 aliphatic rings. The van der Waals surface area contributed by atoms with Crippen molar-refractivity contribution in [1.29, 1.82) is 0 Å². The zero-order chi connectivity index (χ0) is 21.8. The van der Waals surface area contributed by atoms with Crippen molar-refractivity contribution in [3.05, 3.63) is 60.4 Å². The maximum atomic E-state index is 6.25. The van der Waals surface area contributed by atoms with E-state index in [1.54, 1.807) is 13.3 Å². The molecular formula is C23H23N5O3. The molecule has 2 heterocycles. The van der Waals surface area contributed by atoms with Gasteiger partial charge in [-0.15, -0.1) is 0 Å². The largest absolute Gasteiger partial charge is 0.493 e. The van der Waals surface area contributed by atoms with Gasteiger partial charge in [-0.05, 0) is 31.2 Å². The molecular weight excluding hydrogens is 394 g/mol. The highest BCUT2D eigenvalue weighted by Crippen LogP contribution is 2.37. The van der Waals surface area contributed by atoms with E-state index in [-0.39, 0.29) is 5.96 Å². The molecule has 0 amide bonds. The molecule has 8 nitrogen and oxygen atoms in total. The number of methoxy groups -OCH3 is 1. The van der Waals surface area contributed by atoms with Crippen molar-refractivity contribution in [1.82, 2.24) is 9.97 Å². The standard InChI is InChI=1S/C23H23N5O3/c1-14-20(11-15-5-3-4-6-17(15)28-14)31-19-7-8-26-18-13-22(21(29-2)12-16(18)19)30-10-9-27-23(24)25/h3-8,11-13H,9-10H2,1-2H3,(H4,24,25,27). The molecule has 4 rings (SSSR count). The molecule has 8 heteroatoms. The summed E-state index contributed by atoms with van der Waals surface area (Å²) in [5, 5.41) is 1.80. The summed E-state index contributed by atoms with van der Waals surface area (Å²) in [6.45, 7) is 2.57. The molecule has 0 aliphatic heterocycles. The number of fused-ring (bicyclic) bond motifs is 2. The van der Waals surface area contributed by atoms with Crippen molar-refractivity contribution in [3.8, 4) is 23.0 Å². The van der Waals surface area contributed by atoms with Gasteiger partial charge in [-0.3, -0.25) is 9.98 Å². The van der Waals surface area contributed by atoms with E-state index in [1.165, 1.54) is 0 Å². The van der Waals surface area contributed by atoms with Gasteiger partial charge in [0, 0.05) is 23.0 Å². The Bertz CT molecular complexity index is 1270. The number of aliphatic imine (C=N–C) groups is 1. The zero-order valence-electron chi connectivity index (χ0n) is 17.3. The Morgan fingerprint density at radius 1 is 0.968 bits per heavy atom. The van der Waals surface area contributed by atoms with E-state index in [2.05, 4.69) is 15.0 Å². The van der Waals surface area contributed by atoms with Crippen molar-refractivity contribution in [2.24, 2.45) is 16.5 Å². The smallest absolute Gasteiger partial charge is 0.186 e. The summed E-state index contributed by atoms with van der Waals surface area (Å²) in [5.41, 5.74) is 13.1. The number of aromatic nitrogens is 2. The summed E-state index contributed by atoms with van der Waals surface area (Å²) in [7, 11) is 1.58. The quantitative estimate of drug-likeness (QED) is 0.268. The lowest BCUT2D eigenvalue weighted by Gasteiger charge is -2.14. The third kappa shape index (κ3) is 4.42. The molecule has 0 aliphatic carbocycles. The fourth-order valence-electron chi connectivity index (χ4n) is 3.23. The third-order valence-corrected chi connectivity index (χ3v) is 4.72. The van der Waals surface area contributed by atoms with Gasteiger partial charge in [0.15, 0.2) is 17.5 Å². The molecule has 0 spiro atoms. The van der Waals surface area contributed by atoms with Crippen LogP contribution in [0.4, 0.5) is 0 Å². The fraction of sp³-hybridized carbons (Fsp3) is 0.174. The first-order valence-electron chi connectivity index (χ1n) is 9.74. The van der Waals surface area contributed by atoms with Gasteiger partial charge in [-0.25, -0.2) is 4.98 Å². The molecule has 0 atom stereocenters. The van der Waals surface area contributed by atoms with Gasteiger partial charge in [0.2, 0.25) is 0 Å². The second kappa shape index (κ2) is 8.74. The van der Waals surface area contributed by atoms with E-state index >= 15 is 0 Å². The number of nitrogens with zero attached hydrogens (tertiary/aromatic N) is 3. The lowest BCUT2D eigenvalue weighted by Crippen LogP contribution is -2.23. The summed E-state index contributed by atoms with van der Waals surface area (Å²) >= 11 is 0. The number of para-hydroxylation sites is 1. The van der Waals surface area contributed by atoms with E-state index in [9.17, 15) is 0 Å². The van der Waals surface area contributed by atoms with Crippen molar-refractivity contribution in [3.63, 3.8) is 0 Å². The van der Waals surface area contributed by atoms with Crippen LogP contribution < -0.4 is 25.7 Å². The van der Waals surface area contributed by atoms with E-state index in [0.717, 1.165) is 22.0 Å². The minimum atomic E-state index is 0.0241. The number of hydrogen-bond acceptors (Lipinski definition) is 6. The highest BCUT2D eigenvalue weighted by Gasteiger charge is 2.13. The Kier molecular flexibility index (Phi) is 5.70. The van der Waals surface area contributed by atoms with Crippen LogP contribution in [0.15, 0.2) is 59.7 Å². The van der Waals surface area contributed by atoms with E-state index in [0.29, 0.717) is 41.7 Å². The van der Waals surface area contributed by atoms with Gasteiger partial charge in [-0.2, -0.15) is 0 Å². The highest BCUT2D eigenvalue weighted by atomic mass is 16.5. The monoisotopic (exact) mass is 417 g/mol. The van der Waals surface area contributed by atoms with Crippen LogP contribution in [0, 0.1) is 6.92 Å². The SMILES string of the molecule is COc1cc2c(Oc3cc4ccccc4nc3C)ccnc2cc1OCCN=C(N)N. The van der Waals surface area contributed by atoms with Gasteiger partial charge in [-0.1, -0.05) is 18.2 Å². The van der Waals surface area contributed by atoms with Crippen molar-refractivity contribution in [2.45, 2.75) is 6.92 Å². The van der Waals surface area contributed by atoms with E-state index < -0.39 is 0 Å². The number of pyridine rings is 2. The first-order chi connectivity index (χ1) is 15.0. The number of rotatable bonds is 7. The molecule has 0 bridgehead atoms. The van der Waals surface area contributed by atoms with Crippen LogP contribution in [-0.4, -0.2) is 36.2 Å². The van der Waals surface area contributed by atoms with Crippen molar-refractivity contribution >= 4 is 27.8 Å². The molecule has 158 valence electrons. The molecule has 4 N–H and O–H groups in total. The van der Waals surface area contributed by atoms with Crippen LogP contribution in [0.25, 0.3) is 21.8 Å². The molecule has 31 heavy (non-hydrogen) atoms. The second-order valence-electron chi connectivity index (χ2n) is 6.85. The first kappa shape index (κ1) is 20.2. The zero-order valence-corrected chi connectivity index (χ0v) is 17.3. The molecule has 2 aromatic carbocycles. The minimum absolute atomic E-state index is 0.0241. The highest BCUT2D eigenvalue weighted by molar-refractivity contribution is 5.88. The molecule has 2 aromatic heterocycles. The Morgan fingerprint density at radius 3 is 2.61 bits per heavy atom. The van der Waals surface area contributed by atoms with E-state index in [4.69, 9.17) is 25.7 Å². The number of nitrogens with two attached hydrogens (primary N) is 2. The maximum Gasteiger partial charge on any atom is 0.186 e. The lowest BCUT2D eigenvalue weighted by molar-refractivity contribution is 0.303. The summed E-state index contributed by atoms with van der Waals surface area (Å²) in [6, 6.07) is 15.4. The molecule has 0 radical (unpaired) electrons. The molecule has 4 aromatic rings. The Balaban J connectivity index is 1.67. The number of aryl methyl sites for hydroxylation is 1. The molecule has 0 unspecified atom stereocenters. The number of benzene rings is 2. The molecule has 0 saturated carbocycles. The van der Waals surface area contributed by atoms with Crippen LogP contribution in [0.2, 0.25) is 0 Å². The molecule has 0 saturated heterocycles. The summed E-state index contributed by atoms with van der Waals surface area (Å²) in [4.78, 5) is 13.0. The van der Waals surface area contributed by atoms with Crippen molar-refractivity contribution < 1.29 is 14.2 Å². The predicted octanol–water partition coefficient (Wildman–Crippen LogP) is 3.54. The summed E-state index contributed by atoms with van der Waals surface area (Å²) < 4.78 is 17.5. The maximum absolute atomic E-state index is 6.25. The van der Waals surface area contributed by atoms with Gasteiger partial charge in [0.1, 0.15) is 18.1 Å². The Morgan fingerprint density at radius 2 is 1.81 bits per heavy atom. The number of hydrogen-bond donors (Lipinski definition) is 2. The first-order valence-corrected chi connectivity index (χ1v) is 9.74. The van der Waals surface area contributed by atoms with Crippen molar-refractivity contribution in [2.75, 3.05) is 20.3 Å². The van der Waals surface area contributed by atoms with Gasteiger partial charge < -0.3 is 25.7 Å². The number of ether oxygens (including phenoxy) is 3. The summed E-state index contributed by atoms with van der Waals surface area (Å²) in [6.07, 6.45) is 1.69. The van der Waals surface area contributed by atoms with Gasteiger partial charge >= 0.3 is 0 Å². The average Bonchev–Trinajstić information content (AvgIpc) is 2.76. The van der Waals surface area contributed by atoms with Gasteiger partial charge in [0.05, 0.1) is 30.4 Å². The van der Waals surface area contributed by atoms with Crippen LogP contribution in [0.5, 0.6) is 23.0 Å². The predicted molar refractivity (Wildman–Crippen MR) is 121 cm³/mol. The average molecular weight is 417 g/mol. The van der Waals surface area contributed by atoms with E-state index in [1.807, 2.05) is 55.5 Å². The Hall–Kier alpha value is -4.07.